The summed E-state index contributed by atoms with van der Waals surface area (Å²) < 4.78 is 0. The fourth-order valence-electron chi connectivity index (χ4n) is 3.66. The molecule has 27 heavy (non-hydrogen) atoms. The highest BCUT2D eigenvalue weighted by molar-refractivity contribution is 5.85. The number of carbonyl (C=O) groups is 2. The average Bonchev–Trinajstić information content (AvgIpc) is 2.67. The second-order valence-corrected chi connectivity index (χ2v) is 7.55. The first-order valence-electron chi connectivity index (χ1n) is 9.83. The number of likely N-dealkylation sites (tertiary alicyclic amines) is 1. The minimum absolute atomic E-state index is 0. The van der Waals surface area contributed by atoms with Gasteiger partial charge in [0.2, 0.25) is 11.8 Å². The molecule has 0 saturated carbocycles. The van der Waals surface area contributed by atoms with Crippen molar-refractivity contribution in [1.29, 1.82) is 0 Å². The van der Waals surface area contributed by atoms with Crippen LogP contribution in [0, 0.1) is 11.8 Å². The summed E-state index contributed by atoms with van der Waals surface area (Å²) in [6, 6.07) is 9.57. The lowest BCUT2D eigenvalue weighted by Gasteiger charge is -2.35. The Bertz CT molecular complexity index is 596. The number of nitrogens with zero attached hydrogens (tertiary/aromatic N) is 1. The number of piperidine rings is 1. The molecule has 0 radical (unpaired) electrons. The summed E-state index contributed by atoms with van der Waals surface area (Å²) in [6.07, 6.45) is 3.72. The van der Waals surface area contributed by atoms with Gasteiger partial charge in [-0.1, -0.05) is 50.6 Å². The van der Waals surface area contributed by atoms with Gasteiger partial charge in [0.05, 0.1) is 11.8 Å². The van der Waals surface area contributed by atoms with Gasteiger partial charge < -0.3 is 16.0 Å². The molecule has 1 aliphatic rings. The zero-order valence-corrected chi connectivity index (χ0v) is 17.5. The Labute approximate surface area is 169 Å². The molecule has 1 fully saturated rings. The molecular weight excluding hydrogens is 362 g/mol. The predicted molar refractivity (Wildman–Crippen MR) is 112 cm³/mol. The maximum Gasteiger partial charge on any atom is 0.227 e. The molecule has 1 aliphatic heterocycles. The average molecular weight is 396 g/mol. The molecule has 5 nitrogen and oxygen atoms in total. The van der Waals surface area contributed by atoms with E-state index in [0.717, 1.165) is 31.2 Å². The van der Waals surface area contributed by atoms with Gasteiger partial charge in [0, 0.05) is 25.2 Å². The minimum atomic E-state index is -0.331. The number of benzene rings is 1. The predicted octanol–water partition coefficient (Wildman–Crippen LogP) is 3.29. The van der Waals surface area contributed by atoms with Crippen LogP contribution in [0.3, 0.4) is 0 Å². The summed E-state index contributed by atoms with van der Waals surface area (Å²) in [4.78, 5) is 27.2. The maximum atomic E-state index is 12.9. The van der Waals surface area contributed by atoms with Crippen LogP contribution in [-0.4, -0.2) is 35.8 Å². The molecule has 4 atom stereocenters. The molecule has 1 saturated heterocycles. The number of nitrogens with two attached hydrogens (primary N) is 1. The number of amides is 2. The number of hydrogen-bond donors (Lipinski definition) is 2. The van der Waals surface area contributed by atoms with Gasteiger partial charge >= 0.3 is 0 Å². The van der Waals surface area contributed by atoms with Crippen LogP contribution in [-0.2, 0) is 9.59 Å². The molecule has 2 rings (SSSR count). The molecule has 152 valence electrons. The Hall–Kier alpha value is -1.59. The SMILES string of the molecule is CCCC(C)NC(=O)C1CCCN(C(=O)C(C)C(N)c2ccccc2)C1.Cl. The first-order valence-corrected chi connectivity index (χ1v) is 9.83. The summed E-state index contributed by atoms with van der Waals surface area (Å²) in [7, 11) is 0. The normalized spacial score (nSPS) is 20.1. The van der Waals surface area contributed by atoms with Crippen LogP contribution in [0.15, 0.2) is 30.3 Å². The van der Waals surface area contributed by atoms with E-state index in [9.17, 15) is 9.59 Å². The summed E-state index contributed by atoms with van der Waals surface area (Å²) in [5, 5.41) is 3.09. The molecule has 0 bridgehead atoms. The van der Waals surface area contributed by atoms with Gasteiger partial charge in [-0.15, -0.1) is 12.4 Å². The van der Waals surface area contributed by atoms with E-state index in [0.29, 0.717) is 13.1 Å². The van der Waals surface area contributed by atoms with Gasteiger partial charge in [-0.3, -0.25) is 9.59 Å². The van der Waals surface area contributed by atoms with Crippen LogP contribution in [0.4, 0.5) is 0 Å². The van der Waals surface area contributed by atoms with E-state index in [1.54, 1.807) is 0 Å². The fraction of sp³-hybridized carbons (Fsp3) is 0.619. The standard InChI is InChI=1S/C21H33N3O2.ClH/c1-4-9-15(2)23-20(25)18-12-8-13-24(14-18)21(26)16(3)19(22)17-10-6-5-7-11-17;/h5-7,10-11,15-16,18-19H,4,8-9,12-14,22H2,1-3H3,(H,23,25);1H. The smallest absolute Gasteiger partial charge is 0.227 e. The summed E-state index contributed by atoms with van der Waals surface area (Å²) >= 11 is 0. The molecule has 1 aromatic carbocycles. The van der Waals surface area contributed by atoms with Crippen LogP contribution < -0.4 is 11.1 Å². The zero-order chi connectivity index (χ0) is 19.1. The molecule has 0 spiro atoms. The van der Waals surface area contributed by atoms with Crippen molar-refractivity contribution in [3.8, 4) is 0 Å². The van der Waals surface area contributed by atoms with Gasteiger partial charge in [0.25, 0.3) is 0 Å². The van der Waals surface area contributed by atoms with E-state index in [1.165, 1.54) is 0 Å². The molecular formula is C21H34ClN3O2. The van der Waals surface area contributed by atoms with Crippen molar-refractivity contribution in [1.82, 2.24) is 10.2 Å². The topological polar surface area (TPSA) is 75.4 Å². The number of rotatable bonds is 7. The third-order valence-electron chi connectivity index (χ3n) is 5.33. The molecule has 3 N–H and O–H groups in total. The van der Waals surface area contributed by atoms with E-state index >= 15 is 0 Å². The number of nitrogens with one attached hydrogen (secondary N) is 1. The molecule has 2 amide bonds. The lowest BCUT2D eigenvalue weighted by Crippen LogP contribution is -2.49. The molecule has 0 aliphatic carbocycles. The zero-order valence-electron chi connectivity index (χ0n) is 16.7. The van der Waals surface area contributed by atoms with Crippen molar-refractivity contribution in [3.63, 3.8) is 0 Å². The first-order chi connectivity index (χ1) is 12.4. The van der Waals surface area contributed by atoms with Gasteiger partial charge in [-0.25, -0.2) is 0 Å². The van der Waals surface area contributed by atoms with Crippen LogP contribution in [0.1, 0.15) is 58.1 Å². The van der Waals surface area contributed by atoms with E-state index in [-0.39, 0.29) is 48.1 Å². The fourth-order valence-corrected chi connectivity index (χ4v) is 3.66. The summed E-state index contributed by atoms with van der Waals surface area (Å²) in [5.41, 5.74) is 7.28. The van der Waals surface area contributed by atoms with Crippen molar-refractivity contribution in [3.05, 3.63) is 35.9 Å². The highest BCUT2D eigenvalue weighted by atomic mass is 35.5. The molecule has 6 heteroatoms. The molecule has 1 aromatic rings. The third kappa shape index (κ3) is 6.51. The third-order valence-corrected chi connectivity index (χ3v) is 5.33. The van der Waals surface area contributed by atoms with E-state index in [4.69, 9.17) is 5.73 Å². The highest BCUT2D eigenvalue weighted by Gasteiger charge is 2.32. The Morgan fingerprint density at radius 3 is 2.56 bits per heavy atom. The minimum Gasteiger partial charge on any atom is -0.353 e. The maximum absolute atomic E-state index is 12.9. The monoisotopic (exact) mass is 395 g/mol. The molecule has 1 heterocycles. The van der Waals surface area contributed by atoms with Crippen molar-refractivity contribution < 1.29 is 9.59 Å². The van der Waals surface area contributed by atoms with Crippen LogP contribution in [0.5, 0.6) is 0 Å². The van der Waals surface area contributed by atoms with Gasteiger partial charge in [0.15, 0.2) is 0 Å². The molecule has 0 aromatic heterocycles. The van der Waals surface area contributed by atoms with E-state index in [1.807, 2.05) is 49.1 Å². The lowest BCUT2D eigenvalue weighted by atomic mass is 9.91. The number of carbonyl (C=O) groups excluding carboxylic acids is 2. The van der Waals surface area contributed by atoms with E-state index < -0.39 is 0 Å². The Balaban J connectivity index is 0.00000364. The van der Waals surface area contributed by atoms with Gasteiger partial charge in [0.1, 0.15) is 0 Å². The van der Waals surface area contributed by atoms with Crippen LogP contribution in [0.2, 0.25) is 0 Å². The Kier molecular flexibility index (Phi) is 9.81. The van der Waals surface area contributed by atoms with Crippen molar-refractivity contribution >= 4 is 24.2 Å². The number of hydrogen-bond acceptors (Lipinski definition) is 3. The highest BCUT2D eigenvalue weighted by Crippen LogP contribution is 2.24. The van der Waals surface area contributed by atoms with Crippen LogP contribution in [0.25, 0.3) is 0 Å². The Morgan fingerprint density at radius 1 is 1.26 bits per heavy atom. The van der Waals surface area contributed by atoms with Crippen molar-refractivity contribution in [2.24, 2.45) is 17.6 Å². The second kappa shape index (κ2) is 11.3. The first kappa shape index (κ1) is 23.4. The van der Waals surface area contributed by atoms with Crippen molar-refractivity contribution in [2.75, 3.05) is 13.1 Å². The lowest BCUT2D eigenvalue weighted by molar-refractivity contribution is -0.139. The quantitative estimate of drug-likeness (QED) is 0.743. The second-order valence-electron chi connectivity index (χ2n) is 7.55. The van der Waals surface area contributed by atoms with Gasteiger partial charge in [-0.2, -0.15) is 0 Å². The molecule has 4 unspecified atom stereocenters. The van der Waals surface area contributed by atoms with Crippen LogP contribution >= 0.6 is 12.4 Å². The summed E-state index contributed by atoms with van der Waals surface area (Å²) in [6.45, 7) is 7.23. The van der Waals surface area contributed by atoms with Gasteiger partial charge in [-0.05, 0) is 31.7 Å². The van der Waals surface area contributed by atoms with E-state index in [2.05, 4.69) is 12.2 Å². The number of halogens is 1. The largest absolute Gasteiger partial charge is 0.353 e. The Morgan fingerprint density at radius 2 is 1.93 bits per heavy atom. The summed E-state index contributed by atoms with van der Waals surface area (Å²) in [5.74, 6) is -0.311. The van der Waals surface area contributed by atoms with Crippen molar-refractivity contribution in [2.45, 2.75) is 58.5 Å².